The predicted octanol–water partition coefficient (Wildman–Crippen LogP) is 3.12. The van der Waals surface area contributed by atoms with Crippen molar-refractivity contribution >= 4 is 11.6 Å². The van der Waals surface area contributed by atoms with Crippen LogP contribution in [0.15, 0.2) is 29.1 Å². The Labute approximate surface area is 129 Å². The van der Waals surface area contributed by atoms with E-state index in [4.69, 9.17) is 0 Å². The number of aromatic nitrogens is 1. The molecule has 2 N–H and O–H groups in total. The number of aryl methyl sites for hydroxylation is 4. The van der Waals surface area contributed by atoms with Gasteiger partial charge in [-0.15, -0.1) is 0 Å². The van der Waals surface area contributed by atoms with Crippen LogP contribution in [0.3, 0.4) is 0 Å². The van der Waals surface area contributed by atoms with Gasteiger partial charge in [-0.25, -0.2) is 0 Å². The molecule has 3 rings (SSSR count). The van der Waals surface area contributed by atoms with Crippen molar-refractivity contribution in [3.8, 4) is 0 Å². The summed E-state index contributed by atoms with van der Waals surface area (Å²) in [5.74, 6) is -0.344. The standard InChI is InChI=1S/C18H20N2O2/c1-11-7-8-12(2)16(9-11)20-18(22)14-10-13-5-3-4-6-15(13)19-17(14)21/h7-10H,3-6H2,1-2H3,(H,19,21)(H,20,22). The second kappa shape index (κ2) is 5.79. The molecule has 2 aromatic rings. The third-order valence-corrected chi connectivity index (χ3v) is 4.22. The molecule has 4 heteroatoms. The van der Waals surface area contributed by atoms with Crippen molar-refractivity contribution in [2.45, 2.75) is 39.5 Å². The largest absolute Gasteiger partial charge is 0.325 e. The molecule has 1 amide bonds. The Morgan fingerprint density at radius 3 is 2.73 bits per heavy atom. The van der Waals surface area contributed by atoms with E-state index in [0.29, 0.717) is 0 Å². The van der Waals surface area contributed by atoms with Crippen molar-refractivity contribution in [3.05, 3.63) is 62.6 Å². The summed E-state index contributed by atoms with van der Waals surface area (Å²) in [6.45, 7) is 3.91. The number of benzene rings is 1. The lowest BCUT2D eigenvalue weighted by molar-refractivity contribution is 0.102. The molecule has 0 unspecified atom stereocenters. The van der Waals surface area contributed by atoms with Crippen molar-refractivity contribution in [2.75, 3.05) is 5.32 Å². The summed E-state index contributed by atoms with van der Waals surface area (Å²) in [6, 6.07) is 7.63. The minimum Gasteiger partial charge on any atom is -0.325 e. The van der Waals surface area contributed by atoms with E-state index in [2.05, 4.69) is 10.3 Å². The summed E-state index contributed by atoms with van der Waals surface area (Å²) in [5.41, 5.74) is 4.78. The number of amides is 1. The lowest BCUT2D eigenvalue weighted by atomic mass is 9.95. The van der Waals surface area contributed by atoms with Gasteiger partial charge < -0.3 is 10.3 Å². The average Bonchev–Trinajstić information content (AvgIpc) is 2.50. The molecule has 1 heterocycles. The number of carbonyl (C=O) groups is 1. The Morgan fingerprint density at radius 2 is 1.91 bits per heavy atom. The predicted molar refractivity (Wildman–Crippen MR) is 87.6 cm³/mol. The number of pyridine rings is 1. The van der Waals surface area contributed by atoms with Crippen molar-refractivity contribution in [2.24, 2.45) is 0 Å². The van der Waals surface area contributed by atoms with Crippen molar-refractivity contribution < 1.29 is 4.79 Å². The van der Waals surface area contributed by atoms with Gasteiger partial charge in [0.05, 0.1) is 0 Å². The van der Waals surface area contributed by atoms with Gasteiger partial charge in [-0.05, 0) is 68.4 Å². The molecule has 22 heavy (non-hydrogen) atoms. The van der Waals surface area contributed by atoms with Crippen LogP contribution in [0.2, 0.25) is 0 Å². The third kappa shape index (κ3) is 2.82. The van der Waals surface area contributed by atoms with Crippen LogP contribution in [-0.2, 0) is 12.8 Å². The van der Waals surface area contributed by atoms with Crippen LogP contribution >= 0.6 is 0 Å². The summed E-state index contributed by atoms with van der Waals surface area (Å²) in [6.07, 6.45) is 4.02. The maximum atomic E-state index is 12.5. The normalized spacial score (nSPS) is 13.5. The van der Waals surface area contributed by atoms with Crippen LogP contribution < -0.4 is 10.9 Å². The zero-order valence-electron chi connectivity index (χ0n) is 13.0. The lowest BCUT2D eigenvalue weighted by Gasteiger charge is -2.16. The highest BCUT2D eigenvalue weighted by Gasteiger charge is 2.17. The number of hydrogen-bond donors (Lipinski definition) is 2. The topological polar surface area (TPSA) is 62.0 Å². The molecule has 1 aromatic carbocycles. The third-order valence-electron chi connectivity index (χ3n) is 4.22. The number of hydrogen-bond acceptors (Lipinski definition) is 2. The Hall–Kier alpha value is -2.36. The second-order valence-corrected chi connectivity index (χ2v) is 6.00. The van der Waals surface area contributed by atoms with E-state index in [0.717, 1.165) is 53.8 Å². The summed E-state index contributed by atoms with van der Waals surface area (Å²) in [7, 11) is 0. The van der Waals surface area contributed by atoms with Gasteiger partial charge in [-0.2, -0.15) is 0 Å². The summed E-state index contributed by atoms with van der Waals surface area (Å²) < 4.78 is 0. The fraction of sp³-hybridized carbons (Fsp3) is 0.333. The molecule has 0 fully saturated rings. The molecule has 1 aliphatic rings. The Morgan fingerprint density at radius 1 is 1.14 bits per heavy atom. The van der Waals surface area contributed by atoms with Crippen LogP contribution in [-0.4, -0.2) is 10.9 Å². The Bertz CT molecular complexity index is 790. The monoisotopic (exact) mass is 296 g/mol. The highest BCUT2D eigenvalue weighted by atomic mass is 16.2. The number of fused-ring (bicyclic) bond motifs is 1. The summed E-state index contributed by atoms with van der Waals surface area (Å²) in [5, 5.41) is 2.86. The van der Waals surface area contributed by atoms with Crippen LogP contribution in [0, 0.1) is 13.8 Å². The fourth-order valence-electron chi connectivity index (χ4n) is 2.90. The van der Waals surface area contributed by atoms with E-state index in [-0.39, 0.29) is 17.0 Å². The zero-order valence-corrected chi connectivity index (χ0v) is 13.0. The van der Waals surface area contributed by atoms with Crippen LogP contribution in [0.1, 0.15) is 45.6 Å². The van der Waals surface area contributed by atoms with E-state index < -0.39 is 0 Å². The first-order valence-electron chi connectivity index (χ1n) is 7.68. The maximum absolute atomic E-state index is 12.5. The first-order valence-corrected chi connectivity index (χ1v) is 7.68. The van der Waals surface area contributed by atoms with E-state index in [1.165, 1.54) is 0 Å². The minimum absolute atomic E-state index is 0.196. The van der Waals surface area contributed by atoms with E-state index in [1.807, 2.05) is 32.0 Å². The van der Waals surface area contributed by atoms with Crippen LogP contribution in [0.4, 0.5) is 5.69 Å². The van der Waals surface area contributed by atoms with Gasteiger partial charge in [-0.3, -0.25) is 9.59 Å². The second-order valence-electron chi connectivity index (χ2n) is 6.00. The van der Waals surface area contributed by atoms with Gasteiger partial charge in [-0.1, -0.05) is 12.1 Å². The van der Waals surface area contributed by atoms with Gasteiger partial charge in [0.2, 0.25) is 0 Å². The van der Waals surface area contributed by atoms with Crippen molar-refractivity contribution in [1.82, 2.24) is 4.98 Å². The minimum atomic E-state index is -0.344. The van der Waals surface area contributed by atoms with Crippen LogP contribution in [0.5, 0.6) is 0 Å². The van der Waals surface area contributed by atoms with Gasteiger partial charge in [0.25, 0.3) is 11.5 Å². The first-order chi connectivity index (χ1) is 10.5. The molecule has 0 aliphatic heterocycles. The number of nitrogens with one attached hydrogen (secondary N) is 2. The quantitative estimate of drug-likeness (QED) is 0.894. The smallest absolute Gasteiger partial charge is 0.261 e. The first kappa shape index (κ1) is 14.6. The van der Waals surface area contributed by atoms with Gasteiger partial charge in [0.15, 0.2) is 0 Å². The molecule has 0 radical (unpaired) electrons. The molecule has 0 bridgehead atoms. The molecule has 1 aliphatic carbocycles. The number of aromatic amines is 1. The number of anilines is 1. The molecule has 114 valence electrons. The summed E-state index contributed by atoms with van der Waals surface area (Å²) >= 11 is 0. The molecule has 0 saturated heterocycles. The zero-order chi connectivity index (χ0) is 15.7. The molecule has 0 spiro atoms. The fourth-order valence-corrected chi connectivity index (χ4v) is 2.90. The molecule has 0 atom stereocenters. The van der Waals surface area contributed by atoms with Gasteiger partial charge >= 0.3 is 0 Å². The van der Waals surface area contributed by atoms with E-state index in [9.17, 15) is 9.59 Å². The summed E-state index contributed by atoms with van der Waals surface area (Å²) in [4.78, 5) is 27.5. The molecular weight excluding hydrogens is 276 g/mol. The number of rotatable bonds is 2. The highest BCUT2D eigenvalue weighted by molar-refractivity contribution is 6.04. The van der Waals surface area contributed by atoms with E-state index in [1.54, 1.807) is 6.07 Å². The average molecular weight is 296 g/mol. The molecular formula is C18H20N2O2. The number of carbonyl (C=O) groups excluding carboxylic acids is 1. The highest BCUT2D eigenvalue weighted by Crippen LogP contribution is 2.20. The van der Waals surface area contributed by atoms with Crippen molar-refractivity contribution in [1.29, 1.82) is 0 Å². The molecule has 4 nitrogen and oxygen atoms in total. The lowest BCUT2D eigenvalue weighted by Crippen LogP contribution is -2.26. The number of H-pyrrole nitrogens is 1. The molecule has 0 saturated carbocycles. The Balaban J connectivity index is 1.92. The SMILES string of the molecule is Cc1ccc(C)c(NC(=O)c2cc3c([nH]c2=O)CCCC3)c1. The maximum Gasteiger partial charge on any atom is 0.261 e. The van der Waals surface area contributed by atoms with Gasteiger partial charge in [0.1, 0.15) is 5.56 Å². The van der Waals surface area contributed by atoms with Crippen LogP contribution in [0.25, 0.3) is 0 Å². The Kier molecular flexibility index (Phi) is 3.84. The molecule has 1 aromatic heterocycles. The van der Waals surface area contributed by atoms with Gasteiger partial charge in [0, 0.05) is 11.4 Å². The van der Waals surface area contributed by atoms with Crippen molar-refractivity contribution in [3.63, 3.8) is 0 Å². The van der Waals surface area contributed by atoms with E-state index >= 15 is 0 Å².